The van der Waals surface area contributed by atoms with Crippen molar-refractivity contribution < 1.29 is 17.9 Å². The molecular weight excluding hydrogens is 526 g/mol. The van der Waals surface area contributed by atoms with Crippen LogP contribution >= 0.6 is 35.2 Å². The quantitative estimate of drug-likeness (QED) is 0.413. The number of ether oxygens (including phenoxy) is 1. The SMILES string of the molecule is CCOC(=O)c1c(NC(=S)N2CCN(S(=O)(=O)c3ccc(Cl)cc3)CC2)sc2c1CCCCCC2. The van der Waals surface area contributed by atoms with Crippen molar-refractivity contribution in [2.24, 2.45) is 0 Å². The largest absolute Gasteiger partial charge is 0.462 e. The van der Waals surface area contributed by atoms with Crippen LogP contribution < -0.4 is 5.32 Å². The molecule has 4 rings (SSSR count). The van der Waals surface area contributed by atoms with E-state index in [2.05, 4.69) is 5.32 Å². The predicted octanol–water partition coefficient (Wildman–Crippen LogP) is 4.94. The number of hydrogen-bond acceptors (Lipinski definition) is 6. The standard InChI is InChI=1S/C24H30ClN3O4S3/c1-2-32-23(29)21-19-7-5-3-4-6-8-20(19)34-22(21)26-24(33)27-13-15-28(16-14-27)35(30,31)18-11-9-17(25)10-12-18/h9-12H,2-8,13-16H2,1H3,(H,26,33). The molecule has 0 radical (unpaired) electrons. The van der Waals surface area contributed by atoms with Gasteiger partial charge in [0.05, 0.1) is 17.1 Å². The summed E-state index contributed by atoms with van der Waals surface area (Å²) in [6.45, 7) is 3.68. The van der Waals surface area contributed by atoms with Crippen LogP contribution in [-0.4, -0.2) is 61.5 Å². The molecule has 1 aliphatic heterocycles. The van der Waals surface area contributed by atoms with Gasteiger partial charge >= 0.3 is 5.97 Å². The first-order chi connectivity index (χ1) is 16.8. The topological polar surface area (TPSA) is 79.0 Å². The third-order valence-electron chi connectivity index (χ3n) is 6.35. The molecule has 11 heteroatoms. The highest BCUT2D eigenvalue weighted by Crippen LogP contribution is 2.38. The van der Waals surface area contributed by atoms with Crippen LogP contribution in [0.2, 0.25) is 5.02 Å². The van der Waals surface area contributed by atoms with Crippen LogP contribution in [0.3, 0.4) is 0 Å². The normalized spacial score (nSPS) is 17.3. The van der Waals surface area contributed by atoms with Gasteiger partial charge in [0, 0.05) is 36.1 Å². The van der Waals surface area contributed by atoms with Crippen molar-refractivity contribution >= 4 is 61.3 Å². The van der Waals surface area contributed by atoms with Crippen LogP contribution in [0.5, 0.6) is 0 Å². The molecule has 190 valence electrons. The Morgan fingerprint density at radius 3 is 2.40 bits per heavy atom. The van der Waals surface area contributed by atoms with Crippen molar-refractivity contribution in [3.05, 3.63) is 45.3 Å². The summed E-state index contributed by atoms with van der Waals surface area (Å²) in [5.74, 6) is -0.310. The molecule has 2 aliphatic rings. The van der Waals surface area contributed by atoms with Gasteiger partial charge in [0.1, 0.15) is 5.00 Å². The molecule has 2 heterocycles. The monoisotopic (exact) mass is 555 g/mol. The number of benzene rings is 1. The minimum Gasteiger partial charge on any atom is -0.462 e. The van der Waals surface area contributed by atoms with Gasteiger partial charge < -0.3 is 15.0 Å². The van der Waals surface area contributed by atoms with Crippen molar-refractivity contribution in [3.63, 3.8) is 0 Å². The Morgan fingerprint density at radius 2 is 1.74 bits per heavy atom. The van der Waals surface area contributed by atoms with Crippen LogP contribution in [0.15, 0.2) is 29.2 Å². The fourth-order valence-electron chi connectivity index (χ4n) is 4.49. The molecule has 35 heavy (non-hydrogen) atoms. The Morgan fingerprint density at radius 1 is 1.09 bits per heavy atom. The minimum atomic E-state index is -3.59. The van der Waals surface area contributed by atoms with Crippen molar-refractivity contribution in [2.75, 3.05) is 38.1 Å². The number of halogens is 1. The zero-order valence-corrected chi connectivity index (χ0v) is 22.9. The van der Waals surface area contributed by atoms with Crippen LogP contribution in [0.1, 0.15) is 53.4 Å². The number of carbonyl (C=O) groups excluding carboxylic acids is 1. The van der Waals surface area contributed by atoms with E-state index >= 15 is 0 Å². The predicted molar refractivity (Wildman–Crippen MR) is 144 cm³/mol. The number of fused-ring (bicyclic) bond motifs is 1. The first kappa shape index (κ1) is 26.3. The fraction of sp³-hybridized carbons (Fsp3) is 0.500. The lowest BCUT2D eigenvalue weighted by molar-refractivity contribution is 0.0526. The molecule has 1 N–H and O–H groups in total. The zero-order chi connectivity index (χ0) is 25.0. The van der Waals surface area contributed by atoms with E-state index in [4.69, 9.17) is 28.6 Å². The second kappa shape index (κ2) is 11.6. The number of thiocarbonyl (C=S) groups is 1. The molecule has 1 saturated heterocycles. The van der Waals surface area contributed by atoms with Crippen molar-refractivity contribution in [1.82, 2.24) is 9.21 Å². The van der Waals surface area contributed by atoms with Gasteiger partial charge in [-0.2, -0.15) is 4.31 Å². The maximum atomic E-state index is 13.0. The molecule has 2 aromatic rings. The molecule has 7 nitrogen and oxygen atoms in total. The van der Waals surface area contributed by atoms with Gasteiger partial charge in [-0.25, -0.2) is 13.2 Å². The van der Waals surface area contributed by atoms with E-state index in [-0.39, 0.29) is 10.9 Å². The zero-order valence-electron chi connectivity index (χ0n) is 19.7. The van der Waals surface area contributed by atoms with Crippen LogP contribution in [0, 0.1) is 0 Å². The highest BCUT2D eigenvalue weighted by atomic mass is 35.5. The highest BCUT2D eigenvalue weighted by Gasteiger charge is 2.31. The Bertz CT molecular complexity index is 1170. The number of esters is 1. The minimum absolute atomic E-state index is 0.228. The first-order valence-corrected chi connectivity index (χ1v) is 15.0. The number of sulfonamides is 1. The van der Waals surface area contributed by atoms with Gasteiger partial charge in [0.25, 0.3) is 0 Å². The van der Waals surface area contributed by atoms with Gasteiger partial charge in [-0.1, -0.05) is 24.4 Å². The van der Waals surface area contributed by atoms with Crippen molar-refractivity contribution in [2.45, 2.75) is 50.3 Å². The number of rotatable bonds is 5. The van der Waals surface area contributed by atoms with Crippen LogP contribution in [0.25, 0.3) is 0 Å². The van der Waals surface area contributed by atoms with E-state index in [1.165, 1.54) is 34.2 Å². The average Bonchev–Trinajstić information content (AvgIpc) is 3.15. The van der Waals surface area contributed by atoms with Gasteiger partial charge in [-0.15, -0.1) is 11.3 Å². The van der Waals surface area contributed by atoms with Gasteiger partial charge in [0.15, 0.2) is 5.11 Å². The Labute approximate surface area is 221 Å². The second-order valence-corrected chi connectivity index (χ2v) is 12.5. The summed E-state index contributed by atoms with van der Waals surface area (Å²) in [5.41, 5.74) is 1.71. The molecule has 0 unspecified atom stereocenters. The smallest absolute Gasteiger partial charge is 0.341 e. The molecular formula is C24H30ClN3O4S3. The summed E-state index contributed by atoms with van der Waals surface area (Å²) in [7, 11) is -3.59. The first-order valence-electron chi connectivity index (χ1n) is 11.9. The lowest BCUT2D eigenvalue weighted by Gasteiger charge is -2.35. The highest BCUT2D eigenvalue weighted by molar-refractivity contribution is 7.89. The summed E-state index contributed by atoms with van der Waals surface area (Å²) in [5, 5.41) is 5.02. The molecule has 0 amide bonds. The number of thiophene rings is 1. The van der Waals surface area contributed by atoms with Crippen LogP contribution in [0.4, 0.5) is 5.00 Å². The number of aryl methyl sites for hydroxylation is 1. The fourth-order valence-corrected chi connectivity index (χ4v) is 7.66. The summed E-state index contributed by atoms with van der Waals surface area (Å²) < 4.78 is 32.8. The number of piperazine rings is 1. The number of carbonyl (C=O) groups is 1. The molecule has 0 atom stereocenters. The summed E-state index contributed by atoms with van der Waals surface area (Å²) in [6.07, 6.45) is 6.38. The average molecular weight is 556 g/mol. The maximum absolute atomic E-state index is 13.0. The third-order valence-corrected chi connectivity index (χ3v) is 10.1. The molecule has 0 bridgehead atoms. The van der Waals surface area contributed by atoms with E-state index in [1.807, 2.05) is 11.8 Å². The molecule has 1 aliphatic carbocycles. The van der Waals surface area contributed by atoms with Crippen molar-refractivity contribution in [3.8, 4) is 0 Å². The second-order valence-electron chi connectivity index (χ2n) is 8.62. The van der Waals surface area contributed by atoms with Gasteiger partial charge in [-0.05, 0) is 74.7 Å². The van der Waals surface area contributed by atoms with E-state index in [1.54, 1.807) is 23.5 Å². The van der Waals surface area contributed by atoms with Crippen LogP contribution in [-0.2, 0) is 27.6 Å². The number of hydrogen-bond donors (Lipinski definition) is 1. The molecule has 1 aromatic carbocycles. The Kier molecular flexibility index (Phi) is 8.70. The van der Waals surface area contributed by atoms with Crippen molar-refractivity contribution in [1.29, 1.82) is 0 Å². The lowest BCUT2D eigenvalue weighted by Crippen LogP contribution is -2.51. The van der Waals surface area contributed by atoms with Gasteiger partial charge in [-0.3, -0.25) is 0 Å². The van der Waals surface area contributed by atoms with E-state index in [0.29, 0.717) is 48.5 Å². The molecule has 0 spiro atoms. The molecule has 0 saturated carbocycles. The van der Waals surface area contributed by atoms with E-state index in [9.17, 15) is 13.2 Å². The maximum Gasteiger partial charge on any atom is 0.341 e. The lowest BCUT2D eigenvalue weighted by atomic mass is 9.96. The summed E-state index contributed by atoms with van der Waals surface area (Å²) in [4.78, 5) is 16.3. The third kappa shape index (κ3) is 5.99. The van der Waals surface area contributed by atoms with E-state index in [0.717, 1.165) is 36.2 Å². The molecule has 1 fully saturated rings. The Balaban J connectivity index is 1.46. The summed E-state index contributed by atoms with van der Waals surface area (Å²) >= 11 is 13.2. The number of nitrogens with zero attached hydrogens (tertiary/aromatic N) is 2. The Hall–Kier alpha value is -1.72. The number of anilines is 1. The van der Waals surface area contributed by atoms with E-state index < -0.39 is 10.0 Å². The number of nitrogens with one attached hydrogen (secondary N) is 1. The van der Waals surface area contributed by atoms with Gasteiger partial charge in [0.2, 0.25) is 10.0 Å². The molecule has 1 aromatic heterocycles. The summed E-state index contributed by atoms with van der Waals surface area (Å²) in [6, 6.07) is 6.21.